The average Bonchev–Trinajstić information content (AvgIpc) is 3.27. The molecule has 8 nitrogen and oxygen atoms in total. The van der Waals surface area contributed by atoms with E-state index in [0.29, 0.717) is 59.3 Å². The number of methoxy groups -OCH3 is 3. The van der Waals surface area contributed by atoms with Crippen molar-refractivity contribution in [3.8, 4) is 17.2 Å². The minimum atomic E-state index is -0.199. The van der Waals surface area contributed by atoms with Crippen LogP contribution >= 0.6 is 22.9 Å². The minimum Gasteiger partial charge on any atom is -0.493 e. The number of nitrogens with zero attached hydrogens (tertiary/aromatic N) is 3. The Morgan fingerprint density at radius 1 is 1.12 bits per heavy atom. The Balaban J connectivity index is 1.73. The molecule has 0 aliphatic carbocycles. The summed E-state index contributed by atoms with van der Waals surface area (Å²) in [6, 6.07) is 7.10. The molecule has 0 spiro atoms. The number of fused-ring (bicyclic) bond motifs is 1. The summed E-state index contributed by atoms with van der Waals surface area (Å²) in [5, 5.41) is 1.27. The molecule has 1 amide bonds. The van der Waals surface area contributed by atoms with Gasteiger partial charge in [0.2, 0.25) is 5.75 Å². The first-order valence-corrected chi connectivity index (χ1v) is 12.1. The van der Waals surface area contributed by atoms with Crippen molar-refractivity contribution in [1.29, 1.82) is 0 Å². The van der Waals surface area contributed by atoms with E-state index in [0.717, 1.165) is 28.9 Å². The molecule has 0 unspecified atom stereocenters. The maximum Gasteiger partial charge on any atom is 0.260 e. The van der Waals surface area contributed by atoms with E-state index in [1.807, 2.05) is 19.1 Å². The molecule has 182 valence electrons. The van der Waals surface area contributed by atoms with Crippen LogP contribution in [0.2, 0.25) is 5.02 Å². The van der Waals surface area contributed by atoms with E-state index in [-0.39, 0.29) is 5.91 Å². The molecule has 0 bridgehead atoms. The lowest BCUT2D eigenvalue weighted by atomic mass is 10.1. The van der Waals surface area contributed by atoms with Crippen LogP contribution in [0.25, 0.3) is 10.2 Å². The molecule has 3 aromatic rings. The van der Waals surface area contributed by atoms with Crippen molar-refractivity contribution in [1.82, 2.24) is 9.88 Å². The van der Waals surface area contributed by atoms with E-state index >= 15 is 0 Å². The van der Waals surface area contributed by atoms with Gasteiger partial charge in [-0.25, -0.2) is 4.98 Å². The SMILES string of the molecule is COc1cc(C(=O)N(CCN2CCOCC2)c2nc3c(C)cc(Cl)cc3s2)cc(OC)c1OC. The fourth-order valence-electron chi connectivity index (χ4n) is 3.97. The van der Waals surface area contributed by atoms with Crippen molar-refractivity contribution < 1.29 is 23.7 Å². The van der Waals surface area contributed by atoms with Crippen LogP contribution in [-0.2, 0) is 4.74 Å². The summed E-state index contributed by atoms with van der Waals surface area (Å²) in [6.07, 6.45) is 0. The summed E-state index contributed by atoms with van der Waals surface area (Å²) in [4.78, 5) is 22.7. The Labute approximate surface area is 207 Å². The van der Waals surface area contributed by atoms with Crippen LogP contribution in [0.1, 0.15) is 15.9 Å². The summed E-state index contributed by atoms with van der Waals surface area (Å²) in [7, 11) is 4.59. The number of halogens is 1. The molecule has 0 atom stereocenters. The molecule has 34 heavy (non-hydrogen) atoms. The number of ether oxygens (including phenoxy) is 4. The molecule has 4 rings (SSSR count). The highest BCUT2D eigenvalue weighted by atomic mass is 35.5. The summed E-state index contributed by atoms with van der Waals surface area (Å²) in [6.45, 7) is 6.20. The predicted octanol–water partition coefficient (Wildman–Crippen LogP) is 4.26. The first kappa shape index (κ1) is 24.5. The van der Waals surface area contributed by atoms with Gasteiger partial charge in [0, 0.05) is 36.8 Å². The molecule has 1 aliphatic heterocycles. The van der Waals surface area contributed by atoms with E-state index in [4.69, 9.17) is 35.5 Å². The number of anilines is 1. The normalized spacial score (nSPS) is 14.3. The third-order valence-corrected chi connectivity index (χ3v) is 7.01. The summed E-state index contributed by atoms with van der Waals surface area (Å²) in [5.41, 5.74) is 2.24. The highest BCUT2D eigenvalue weighted by Crippen LogP contribution is 2.39. The van der Waals surface area contributed by atoms with Crippen LogP contribution in [0.4, 0.5) is 5.13 Å². The van der Waals surface area contributed by atoms with Crippen molar-refractivity contribution in [3.63, 3.8) is 0 Å². The second-order valence-corrected chi connectivity index (χ2v) is 9.34. The lowest BCUT2D eigenvalue weighted by Crippen LogP contribution is -2.43. The van der Waals surface area contributed by atoms with Crippen molar-refractivity contribution in [3.05, 3.63) is 40.4 Å². The highest BCUT2D eigenvalue weighted by molar-refractivity contribution is 7.22. The standard InChI is InChI=1S/C24H28ClN3O5S/c1-15-11-17(25)14-20-21(15)26-24(34-20)28(6-5-27-7-9-33-10-8-27)23(29)16-12-18(30-2)22(32-4)19(13-16)31-3/h11-14H,5-10H2,1-4H3. The van der Waals surface area contributed by atoms with Crippen molar-refractivity contribution in [2.45, 2.75) is 6.92 Å². The number of carbonyl (C=O) groups is 1. The van der Waals surface area contributed by atoms with Crippen LogP contribution in [-0.4, -0.2) is 76.5 Å². The molecule has 10 heteroatoms. The molecule has 1 aromatic heterocycles. The Morgan fingerprint density at radius 3 is 2.41 bits per heavy atom. The Hall–Kier alpha value is -2.59. The van der Waals surface area contributed by atoms with E-state index < -0.39 is 0 Å². The van der Waals surface area contributed by atoms with Gasteiger partial charge in [-0.15, -0.1) is 0 Å². The smallest absolute Gasteiger partial charge is 0.260 e. The third kappa shape index (κ3) is 5.07. The number of carbonyl (C=O) groups excluding carboxylic acids is 1. The van der Waals surface area contributed by atoms with Crippen LogP contribution in [0.3, 0.4) is 0 Å². The van der Waals surface area contributed by atoms with E-state index in [1.165, 1.54) is 32.7 Å². The Bertz CT molecular complexity index is 1150. The van der Waals surface area contributed by atoms with Gasteiger partial charge in [-0.1, -0.05) is 22.9 Å². The van der Waals surface area contributed by atoms with Gasteiger partial charge >= 0.3 is 0 Å². The zero-order valence-electron chi connectivity index (χ0n) is 19.7. The van der Waals surface area contributed by atoms with Gasteiger partial charge in [-0.3, -0.25) is 14.6 Å². The van der Waals surface area contributed by atoms with Gasteiger partial charge in [-0.05, 0) is 36.8 Å². The summed E-state index contributed by atoms with van der Waals surface area (Å²) in [5.74, 6) is 1.08. The van der Waals surface area contributed by atoms with Crippen molar-refractivity contribution in [2.75, 3.05) is 65.6 Å². The first-order chi connectivity index (χ1) is 16.4. The monoisotopic (exact) mass is 505 g/mol. The van der Waals surface area contributed by atoms with Gasteiger partial charge in [0.1, 0.15) is 0 Å². The number of morpholine rings is 1. The number of aromatic nitrogens is 1. The first-order valence-electron chi connectivity index (χ1n) is 10.9. The molecule has 1 fully saturated rings. The van der Waals surface area contributed by atoms with Gasteiger partial charge in [-0.2, -0.15) is 0 Å². The van der Waals surface area contributed by atoms with Crippen LogP contribution in [0, 0.1) is 6.92 Å². The second kappa shape index (κ2) is 10.8. The molecule has 1 aliphatic rings. The fraction of sp³-hybridized carbons (Fsp3) is 0.417. The molecular weight excluding hydrogens is 478 g/mol. The number of hydrogen-bond acceptors (Lipinski definition) is 8. The number of aryl methyl sites for hydroxylation is 1. The van der Waals surface area contributed by atoms with Crippen LogP contribution < -0.4 is 19.1 Å². The fourth-order valence-corrected chi connectivity index (χ4v) is 5.41. The van der Waals surface area contributed by atoms with Gasteiger partial charge < -0.3 is 18.9 Å². The quantitative estimate of drug-likeness (QED) is 0.453. The van der Waals surface area contributed by atoms with Crippen molar-refractivity contribution >= 4 is 44.2 Å². The molecule has 0 radical (unpaired) electrons. The number of hydrogen-bond donors (Lipinski definition) is 0. The van der Waals surface area contributed by atoms with Crippen LogP contribution in [0.5, 0.6) is 17.2 Å². The number of rotatable bonds is 8. The van der Waals surface area contributed by atoms with Gasteiger partial charge in [0.25, 0.3) is 5.91 Å². The Kier molecular flexibility index (Phi) is 7.77. The van der Waals surface area contributed by atoms with Crippen molar-refractivity contribution in [2.24, 2.45) is 0 Å². The summed E-state index contributed by atoms with van der Waals surface area (Å²) < 4.78 is 22.7. The Morgan fingerprint density at radius 2 is 1.79 bits per heavy atom. The molecule has 2 aromatic carbocycles. The number of thiazole rings is 1. The lowest BCUT2D eigenvalue weighted by molar-refractivity contribution is 0.0391. The van der Waals surface area contributed by atoms with Gasteiger partial charge in [0.15, 0.2) is 16.6 Å². The zero-order valence-corrected chi connectivity index (χ0v) is 21.3. The maximum atomic E-state index is 13.9. The predicted molar refractivity (Wildman–Crippen MR) is 134 cm³/mol. The van der Waals surface area contributed by atoms with E-state index in [9.17, 15) is 4.79 Å². The zero-order chi connectivity index (χ0) is 24.2. The molecule has 2 heterocycles. The molecule has 1 saturated heterocycles. The average molecular weight is 506 g/mol. The third-order valence-electron chi connectivity index (χ3n) is 5.77. The number of amides is 1. The second-order valence-electron chi connectivity index (χ2n) is 7.89. The summed E-state index contributed by atoms with van der Waals surface area (Å²) >= 11 is 7.72. The molecule has 0 N–H and O–H groups in total. The topological polar surface area (TPSA) is 73.4 Å². The largest absolute Gasteiger partial charge is 0.493 e. The van der Waals surface area contributed by atoms with E-state index in [1.54, 1.807) is 17.0 Å². The molecular formula is C24H28ClN3O5S. The van der Waals surface area contributed by atoms with Gasteiger partial charge in [0.05, 0.1) is 44.8 Å². The maximum absolute atomic E-state index is 13.9. The highest BCUT2D eigenvalue weighted by Gasteiger charge is 2.26. The lowest BCUT2D eigenvalue weighted by Gasteiger charge is -2.29. The molecule has 0 saturated carbocycles. The van der Waals surface area contributed by atoms with E-state index in [2.05, 4.69) is 4.90 Å². The minimum absolute atomic E-state index is 0.199. The number of benzene rings is 2. The van der Waals surface area contributed by atoms with Crippen LogP contribution in [0.15, 0.2) is 24.3 Å².